The van der Waals surface area contributed by atoms with Gasteiger partial charge in [0.25, 0.3) is 0 Å². The molecule has 97 heavy (non-hydrogen) atoms. The highest BCUT2D eigenvalue weighted by atomic mass is 16.7. The third kappa shape index (κ3) is 26.5. The Morgan fingerprint density at radius 3 is 1.94 bits per heavy atom. The lowest BCUT2D eigenvalue weighted by Gasteiger charge is -2.42. The molecular weight excluding hydrogens is 1260 g/mol. The first-order valence-electron chi connectivity index (χ1n) is 33.7. The van der Waals surface area contributed by atoms with Crippen LogP contribution in [0, 0.1) is 23.7 Å². The van der Waals surface area contributed by atoms with E-state index < -0.39 is 175 Å². The summed E-state index contributed by atoms with van der Waals surface area (Å²) in [6.07, 6.45) is -1.35. The number of aryl methyl sites for hydroxylation is 2. The van der Waals surface area contributed by atoms with Gasteiger partial charge in [-0.05, 0) is 112 Å². The zero-order chi connectivity index (χ0) is 72.2. The Bertz CT molecular complexity index is 2920. The summed E-state index contributed by atoms with van der Waals surface area (Å²) < 4.78 is 13.0. The van der Waals surface area contributed by atoms with Crippen molar-refractivity contribution in [1.82, 2.24) is 67.7 Å². The molecule has 0 unspecified atom stereocenters. The van der Waals surface area contributed by atoms with Crippen LogP contribution >= 0.6 is 0 Å². The van der Waals surface area contributed by atoms with Crippen molar-refractivity contribution >= 4 is 65.0 Å². The van der Waals surface area contributed by atoms with Gasteiger partial charge >= 0.3 is 5.97 Å². The van der Waals surface area contributed by atoms with Gasteiger partial charge in [0.1, 0.15) is 78.4 Å². The van der Waals surface area contributed by atoms with Crippen LogP contribution in [0.25, 0.3) is 0 Å². The number of ether oxygens (including phenoxy) is 2. The molecule has 0 saturated carbocycles. The maximum atomic E-state index is 14.6. The van der Waals surface area contributed by atoms with Gasteiger partial charge in [0, 0.05) is 52.5 Å². The van der Waals surface area contributed by atoms with Crippen LogP contribution in [0.4, 0.5) is 0 Å². The minimum Gasteiger partial charge on any atom is -0.508 e. The van der Waals surface area contributed by atoms with Crippen molar-refractivity contribution in [2.24, 2.45) is 29.4 Å². The standard InChI is InChI=1S/C65H106N14O18/c1-11-38(8)53(68-39(9)81)63(94)72-46(31-35(2)3)58(89)70-44(18-12-13-26-66)57(88)71-45(24-25-50(84)85)64(95)79-29-14-19-48(79)60(91)75-52(37(6)7)62(93)73-47(32-41-20-22-43(83)23-21-41)59(90)74-51(36(4)5)61(92)67-27-16-28-78-33-42(76-77-78)17-15-30-96-65-54(69-40(10)82)56(87)55(86)49(34-80)97-65/h20-23,33,35-38,44-49,51-56,65,80,83,86-87H,11-19,24-32,34,66H2,1-10H3,(H,67,92)(H,68,81)(H,69,82)(H,70,89)(H,71,88)(H,72,94)(H,73,93)(H,74,90)(H,75,91)(H,84,85)/t38-,44-,45-,46-,47-,48-,49+,51-,52-,53-,54+,55+,56+,65+/m0/s1. The first-order valence-corrected chi connectivity index (χ1v) is 33.7. The first kappa shape index (κ1) is 81.5. The Morgan fingerprint density at radius 2 is 1.33 bits per heavy atom. The molecule has 0 bridgehead atoms. The highest BCUT2D eigenvalue weighted by Crippen LogP contribution is 2.24. The molecule has 4 rings (SSSR count). The van der Waals surface area contributed by atoms with E-state index in [1.54, 1.807) is 57.6 Å². The van der Waals surface area contributed by atoms with E-state index in [4.69, 9.17) is 15.2 Å². The number of nitrogens with one attached hydrogen (secondary N) is 9. The van der Waals surface area contributed by atoms with E-state index in [0.29, 0.717) is 62.7 Å². The maximum absolute atomic E-state index is 14.6. The van der Waals surface area contributed by atoms with Gasteiger partial charge in [-0.15, -0.1) is 5.10 Å². The van der Waals surface area contributed by atoms with Crippen LogP contribution in [0.5, 0.6) is 5.75 Å². The maximum Gasteiger partial charge on any atom is 0.303 e. The number of carboxylic acids is 1. The Balaban J connectivity index is 1.44. The van der Waals surface area contributed by atoms with E-state index in [1.165, 1.54) is 30.9 Å². The molecule has 0 aliphatic carbocycles. The molecule has 32 nitrogen and oxygen atoms in total. The number of nitrogens with two attached hydrogens (primary N) is 1. The van der Waals surface area contributed by atoms with Crippen molar-refractivity contribution in [2.45, 2.75) is 238 Å². The summed E-state index contributed by atoms with van der Waals surface area (Å²) >= 11 is 0. The second kappa shape index (κ2) is 40.7. The zero-order valence-corrected chi connectivity index (χ0v) is 57.5. The molecule has 2 aromatic rings. The quantitative estimate of drug-likeness (QED) is 0.0334. The van der Waals surface area contributed by atoms with Gasteiger partial charge in [0.15, 0.2) is 6.29 Å². The summed E-state index contributed by atoms with van der Waals surface area (Å²) in [5.41, 5.74) is 6.93. The number of nitrogens with zero attached hydrogens (tertiary/aromatic N) is 4. The van der Waals surface area contributed by atoms with Crippen molar-refractivity contribution in [2.75, 3.05) is 32.8 Å². The number of aliphatic carboxylic acids is 1. The molecule has 544 valence electrons. The predicted octanol–water partition coefficient (Wildman–Crippen LogP) is -1.57. The van der Waals surface area contributed by atoms with Gasteiger partial charge in [0.2, 0.25) is 59.1 Å². The van der Waals surface area contributed by atoms with Crippen molar-refractivity contribution in [3.8, 4) is 5.75 Å². The minimum absolute atomic E-state index is 0.0117. The van der Waals surface area contributed by atoms with Gasteiger partial charge in [-0.3, -0.25) is 57.4 Å². The lowest BCUT2D eigenvalue weighted by Crippen LogP contribution is -2.64. The molecule has 0 spiro atoms. The molecule has 10 amide bonds. The van der Waals surface area contributed by atoms with E-state index in [-0.39, 0.29) is 69.5 Å². The largest absolute Gasteiger partial charge is 0.508 e. The van der Waals surface area contributed by atoms with E-state index in [0.717, 1.165) is 0 Å². The highest BCUT2D eigenvalue weighted by molar-refractivity contribution is 5.98. The lowest BCUT2D eigenvalue weighted by atomic mass is 9.96. The summed E-state index contributed by atoms with van der Waals surface area (Å²) in [6.45, 7) is 16.9. The molecule has 14 atom stereocenters. The number of aliphatic hydroxyl groups excluding tert-OH is 3. The van der Waals surface area contributed by atoms with Crippen LogP contribution in [0.15, 0.2) is 30.5 Å². The number of hydrogen-bond acceptors (Lipinski definition) is 20. The van der Waals surface area contributed by atoms with Crippen molar-refractivity contribution in [3.05, 3.63) is 41.7 Å². The number of aliphatic hydroxyl groups is 3. The molecule has 2 aliphatic rings. The molecule has 32 heteroatoms. The molecule has 2 saturated heterocycles. The van der Waals surface area contributed by atoms with E-state index in [1.807, 2.05) is 20.8 Å². The average Bonchev–Trinajstić information content (AvgIpc) is 1.60. The number of phenols is 1. The number of phenolic OH excluding ortho intramolecular Hbond substituents is 1. The number of carbonyl (C=O) groups is 11. The number of aromatic hydroxyl groups is 1. The molecule has 3 heterocycles. The van der Waals surface area contributed by atoms with Gasteiger partial charge < -0.3 is 93.5 Å². The Labute approximate surface area is 566 Å². The van der Waals surface area contributed by atoms with E-state index in [9.17, 15) is 78.3 Å². The molecule has 0 radical (unpaired) electrons. The van der Waals surface area contributed by atoms with Gasteiger partial charge in [-0.25, -0.2) is 0 Å². The second-order valence-electron chi connectivity index (χ2n) is 26.2. The summed E-state index contributed by atoms with van der Waals surface area (Å²) in [5, 5.41) is 83.1. The van der Waals surface area contributed by atoms with Gasteiger partial charge in [-0.2, -0.15) is 0 Å². The van der Waals surface area contributed by atoms with E-state index in [2.05, 4.69) is 58.2 Å². The fourth-order valence-electron chi connectivity index (χ4n) is 11.3. The molecular formula is C65H106N14O18. The van der Waals surface area contributed by atoms with Crippen molar-refractivity contribution < 1.29 is 87.7 Å². The number of carbonyl (C=O) groups excluding carboxylic acids is 10. The minimum atomic E-state index is -1.51. The monoisotopic (exact) mass is 1370 g/mol. The number of rotatable bonds is 41. The second-order valence-corrected chi connectivity index (χ2v) is 26.2. The predicted molar refractivity (Wildman–Crippen MR) is 351 cm³/mol. The summed E-state index contributed by atoms with van der Waals surface area (Å²) in [6, 6.07) is -5.04. The number of unbranched alkanes of at least 4 members (excludes halogenated alkanes) is 1. The smallest absolute Gasteiger partial charge is 0.303 e. The molecule has 1 aromatic carbocycles. The Morgan fingerprint density at radius 1 is 0.711 bits per heavy atom. The molecule has 2 fully saturated rings. The number of carboxylic acid groups (broad SMARTS) is 1. The number of likely N-dealkylation sites (tertiary alicyclic amines) is 1. The fourth-order valence-corrected chi connectivity index (χ4v) is 11.3. The van der Waals surface area contributed by atoms with Crippen LogP contribution in [0.3, 0.4) is 0 Å². The number of aromatic nitrogens is 3. The van der Waals surface area contributed by atoms with Gasteiger partial charge in [-0.1, -0.05) is 79.2 Å². The zero-order valence-electron chi connectivity index (χ0n) is 57.5. The van der Waals surface area contributed by atoms with Crippen LogP contribution < -0.4 is 53.6 Å². The fraction of sp³-hybridized carbons (Fsp3) is 0.708. The average molecular weight is 1370 g/mol. The van der Waals surface area contributed by atoms with Crippen LogP contribution in [-0.4, -0.2) is 222 Å². The normalized spacial score (nSPS) is 20.2. The third-order valence-electron chi connectivity index (χ3n) is 16.9. The van der Waals surface area contributed by atoms with Crippen LogP contribution in [0.1, 0.15) is 151 Å². The topological polar surface area (TPSA) is 476 Å². The van der Waals surface area contributed by atoms with Crippen molar-refractivity contribution in [3.63, 3.8) is 0 Å². The van der Waals surface area contributed by atoms with Crippen LogP contribution in [-0.2, 0) is 81.6 Å². The lowest BCUT2D eigenvalue weighted by molar-refractivity contribution is -0.270. The van der Waals surface area contributed by atoms with Crippen molar-refractivity contribution in [1.29, 1.82) is 0 Å². The Kier molecular flexibility index (Phi) is 34.2. The molecule has 1 aromatic heterocycles. The summed E-state index contributed by atoms with van der Waals surface area (Å²) in [7, 11) is 0. The summed E-state index contributed by atoms with van der Waals surface area (Å²) in [4.78, 5) is 151. The number of hydrogen-bond donors (Lipinski definition) is 15. The highest BCUT2D eigenvalue weighted by Gasteiger charge is 2.46. The molecule has 2 aliphatic heterocycles. The third-order valence-corrected chi connectivity index (χ3v) is 16.9. The number of benzene rings is 1. The van der Waals surface area contributed by atoms with E-state index >= 15 is 0 Å². The number of amides is 10. The SMILES string of the molecule is CC[C@H](C)[C@H](NC(C)=O)C(=O)N[C@@H](CC(C)C)C(=O)N[C@@H](CCCCN)C(=O)N[C@@H](CCC(=O)O)C(=O)N1CCC[C@H]1C(=O)N[C@H](C(=O)N[C@@H](Cc1ccc(O)cc1)C(=O)N[C@H](C(=O)NCCCn1cc(CCCO[C@@H]2O[C@H](CO)[C@@H](O)[C@H](O)[C@H]2NC(C)=O)nn1)C(C)C)C(C)C. The Hall–Kier alpha value is -7.91. The first-order chi connectivity index (χ1) is 45.9. The summed E-state index contributed by atoms with van der Waals surface area (Å²) in [5.74, 6) is -9.49. The van der Waals surface area contributed by atoms with Gasteiger partial charge in [0.05, 0.1) is 18.9 Å². The molecule has 16 N–H and O–H groups in total. The van der Waals surface area contributed by atoms with Crippen LogP contribution in [0.2, 0.25) is 0 Å².